The first kappa shape index (κ1) is 17.3. The second-order valence-corrected chi connectivity index (χ2v) is 5.95. The summed E-state index contributed by atoms with van der Waals surface area (Å²) < 4.78 is 5.80. The topological polar surface area (TPSA) is 55.5 Å². The van der Waals surface area contributed by atoms with Gasteiger partial charge in [-0.2, -0.15) is 0 Å². The van der Waals surface area contributed by atoms with E-state index in [-0.39, 0.29) is 12.0 Å². The molecule has 0 saturated carbocycles. The Morgan fingerprint density at radius 3 is 2.45 bits per heavy atom. The van der Waals surface area contributed by atoms with E-state index in [1.807, 2.05) is 33.8 Å². The zero-order chi connectivity index (χ0) is 15.4. The Hall–Kier alpha value is -0.770. The Morgan fingerprint density at radius 1 is 1.35 bits per heavy atom. The molecular formula is C16H26ClNO2. The predicted octanol–water partition coefficient (Wildman–Crippen LogP) is 3.56. The van der Waals surface area contributed by atoms with Crippen LogP contribution in [-0.4, -0.2) is 23.9 Å². The molecule has 4 heteroatoms. The molecule has 0 aliphatic carbocycles. The summed E-state index contributed by atoms with van der Waals surface area (Å²) in [6.07, 6.45) is 0.0661. The summed E-state index contributed by atoms with van der Waals surface area (Å²) in [5.74, 6) is 1.02. The maximum atomic E-state index is 10.0. The molecular weight excluding hydrogens is 274 g/mol. The van der Waals surface area contributed by atoms with E-state index in [4.69, 9.17) is 22.1 Å². The molecule has 0 fully saturated rings. The lowest BCUT2D eigenvalue weighted by molar-refractivity contribution is 0.134. The lowest BCUT2D eigenvalue weighted by atomic mass is 9.88. The predicted molar refractivity (Wildman–Crippen MR) is 84.8 cm³/mol. The molecule has 1 rings (SSSR count). The SMILES string of the molecule is CCOc1c(C)cc(Cl)c(C)c1C(C)CC(O)C(C)N. The summed E-state index contributed by atoms with van der Waals surface area (Å²) in [5, 5.41) is 10.7. The third-order valence-electron chi connectivity index (χ3n) is 3.69. The molecule has 0 bridgehead atoms. The van der Waals surface area contributed by atoms with Crippen molar-refractivity contribution in [3.8, 4) is 5.75 Å². The van der Waals surface area contributed by atoms with Crippen LogP contribution in [0.5, 0.6) is 5.75 Å². The minimum Gasteiger partial charge on any atom is -0.493 e. The molecule has 3 atom stereocenters. The normalized spacial score (nSPS) is 15.8. The summed E-state index contributed by atoms with van der Waals surface area (Å²) >= 11 is 6.29. The lowest BCUT2D eigenvalue weighted by Gasteiger charge is -2.25. The van der Waals surface area contributed by atoms with E-state index in [0.29, 0.717) is 13.0 Å². The maximum Gasteiger partial charge on any atom is 0.126 e. The Kier molecular flexibility index (Phi) is 6.31. The van der Waals surface area contributed by atoms with Crippen molar-refractivity contribution in [2.75, 3.05) is 6.61 Å². The van der Waals surface area contributed by atoms with Crippen molar-refractivity contribution in [1.82, 2.24) is 0 Å². The molecule has 0 heterocycles. The summed E-state index contributed by atoms with van der Waals surface area (Å²) in [4.78, 5) is 0. The van der Waals surface area contributed by atoms with Gasteiger partial charge in [0.15, 0.2) is 0 Å². The smallest absolute Gasteiger partial charge is 0.126 e. The highest BCUT2D eigenvalue weighted by Gasteiger charge is 2.22. The van der Waals surface area contributed by atoms with E-state index in [1.165, 1.54) is 0 Å². The molecule has 114 valence electrons. The Bertz CT molecular complexity index is 460. The molecule has 1 aromatic carbocycles. The molecule has 1 aromatic rings. The monoisotopic (exact) mass is 299 g/mol. The van der Waals surface area contributed by atoms with Gasteiger partial charge in [-0.05, 0) is 57.2 Å². The minimum atomic E-state index is -0.529. The standard InChI is InChI=1S/C16H26ClNO2/c1-6-20-16-10(3)7-13(17)11(4)15(16)9(2)8-14(19)12(5)18/h7,9,12,14,19H,6,8,18H2,1-5H3. The van der Waals surface area contributed by atoms with Gasteiger partial charge in [0, 0.05) is 16.6 Å². The molecule has 0 spiro atoms. The van der Waals surface area contributed by atoms with Gasteiger partial charge in [0.1, 0.15) is 5.75 Å². The van der Waals surface area contributed by atoms with Crippen LogP contribution >= 0.6 is 11.6 Å². The fourth-order valence-electron chi connectivity index (χ4n) is 2.50. The van der Waals surface area contributed by atoms with Crippen LogP contribution in [0.3, 0.4) is 0 Å². The average Bonchev–Trinajstić information content (AvgIpc) is 2.35. The van der Waals surface area contributed by atoms with Crippen LogP contribution < -0.4 is 10.5 Å². The van der Waals surface area contributed by atoms with Gasteiger partial charge in [-0.1, -0.05) is 18.5 Å². The van der Waals surface area contributed by atoms with Gasteiger partial charge in [-0.15, -0.1) is 0 Å². The van der Waals surface area contributed by atoms with Crippen molar-refractivity contribution in [3.05, 3.63) is 27.8 Å². The van der Waals surface area contributed by atoms with Gasteiger partial charge >= 0.3 is 0 Å². The molecule has 0 amide bonds. The van der Waals surface area contributed by atoms with Crippen molar-refractivity contribution >= 4 is 11.6 Å². The molecule has 0 aliphatic rings. The number of aliphatic hydroxyl groups is 1. The van der Waals surface area contributed by atoms with Crippen LogP contribution in [0.25, 0.3) is 0 Å². The largest absolute Gasteiger partial charge is 0.493 e. The van der Waals surface area contributed by atoms with E-state index >= 15 is 0 Å². The summed E-state index contributed by atoms with van der Waals surface area (Å²) in [7, 11) is 0. The number of aliphatic hydroxyl groups excluding tert-OH is 1. The second-order valence-electron chi connectivity index (χ2n) is 5.54. The van der Waals surface area contributed by atoms with Gasteiger partial charge in [0.2, 0.25) is 0 Å². The maximum absolute atomic E-state index is 10.0. The van der Waals surface area contributed by atoms with Crippen LogP contribution in [0.15, 0.2) is 6.07 Å². The van der Waals surface area contributed by atoms with Crippen molar-refractivity contribution in [2.45, 2.75) is 59.1 Å². The zero-order valence-electron chi connectivity index (χ0n) is 13.0. The first-order valence-corrected chi connectivity index (χ1v) is 7.53. The Labute approximate surface area is 127 Å². The van der Waals surface area contributed by atoms with Crippen LogP contribution in [0.4, 0.5) is 0 Å². The van der Waals surface area contributed by atoms with E-state index < -0.39 is 6.10 Å². The highest BCUT2D eigenvalue weighted by molar-refractivity contribution is 6.31. The number of hydrogen-bond acceptors (Lipinski definition) is 3. The van der Waals surface area contributed by atoms with E-state index in [0.717, 1.165) is 27.5 Å². The van der Waals surface area contributed by atoms with Crippen molar-refractivity contribution < 1.29 is 9.84 Å². The number of ether oxygens (including phenoxy) is 1. The second kappa shape index (κ2) is 7.30. The third-order valence-corrected chi connectivity index (χ3v) is 4.08. The van der Waals surface area contributed by atoms with Gasteiger partial charge in [-0.3, -0.25) is 0 Å². The molecule has 0 radical (unpaired) electrons. The Balaban J connectivity index is 3.20. The molecule has 3 unspecified atom stereocenters. The highest BCUT2D eigenvalue weighted by atomic mass is 35.5. The first-order valence-electron chi connectivity index (χ1n) is 7.15. The number of hydrogen-bond donors (Lipinski definition) is 2. The van der Waals surface area contributed by atoms with E-state index in [9.17, 15) is 5.11 Å². The minimum absolute atomic E-state index is 0.134. The van der Waals surface area contributed by atoms with Crippen LogP contribution in [0.1, 0.15) is 49.8 Å². The number of rotatable bonds is 6. The number of benzene rings is 1. The number of aryl methyl sites for hydroxylation is 1. The fourth-order valence-corrected chi connectivity index (χ4v) is 2.76. The number of nitrogens with two attached hydrogens (primary N) is 1. The molecule has 20 heavy (non-hydrogen) atoms. The van der Waals surface area contributed by atoms with E-state index in [1.54, 1.807) is 0 Å². The van der Waals surface area contributed by atoms with E-state index in [2.05, 4.69) is 6.92 Å². The summed E-state index contributed by atoms with van der Waals surface area (Å²) in [6, 6.07) is 1.69. The van der Waals surface area contributed by atoms with Gasteiger partial charge in [-0.25, -0.2) is 0 Å². The molecule has 0 aromatic heterocycles. The molecule has 3 nitrogen and oxygen atoms in total. The quantitative estimate of drug-likeness (QED) is 0.844. The van der Waals surface area contributed by atoms with Gasteiger partial charge < -0.3 is 15.6 Å². The molecule has 0 aliphatic heterocycles. The average molecular weight is 300 g/mol. The molecule has 3 N–H and O–H groups in total. The van der Waals surface area contributed by atoms with Gasteiger partial charge in [0.05, 0.1) is 12.7 Å². The van der Waals surface area contributed by atoms with Crippen LogP contribution in [-0.2, 0) is 0 Å². The molecule has 0 saturated heterocycles. The van der Waals surface area contributed by atoms with Crippen molar-refractivity contribution in [2.24, 2.45) is 5.73 Å². The van der Waals surface area contributed by atoms with Crippen molar-refractivity contribution in [3.63, 3.8) is 0 Å². The summed E-state index contributed by atoms with van der Waals surface area (Å²) in [5.41, 5.74) is 8.88. The fraction of sp³-hybridized carbons (Fsp3) is 0.625. The summed E-state index contributed by atoms with van der Waals surface area (Å²) in [6.45, 7) is 10.5. The lowest BCUT2D eigenvalue weighted by Crippen LogP contribution is -2.32. The van der Waals surface area contributed by atoms with Crippen molar-refractivity contribution in [1.29, 1.82) is 0 Å². The van der Waals surface area contributed by atoms with Crippen LogP contribution in [0, 0.1) is 13.8 Å². The highest BCUT2D eigenvalue weighted by Crippen LogP contribution is 2.39. The zero-order valence-corrected chi connectivity index (χ0v) is 13.8. The van der Waals surface area contributed by atoms with Gasteiger partial charge in [0.25, 0.3) is 0 Å². The Morgan fingerprint density at radius 2 is 1.95 bits per heavy atom. The number of halogens is 1. The first-order chi connectivity index (χ1) is 9.29. The van der Waals surface area contributed by atoms with Crippen LogP contribution in [0.2, 0.25) is 5.02 Å². The third kappa shape index (κ3) is 3.87.